The average molecular weight is 443 g/mol. The van der Waals surface area contributed by atoms with E-state index in [1.54, 1.807) is 6.07 Å². The lowest BCUT2D eigenvalue weighted by atomic mass is 10.1. The van der Waals surface area contributed by atoms with Gasteiger partial charge in [0.2, 0.25) is 0 Å². The highest BCUT2D eigenvalue weighted by Crippen LogP contribution is 2.22. The summed E-state index contributed by atoms with van der Waals surface area (Å²) in [6.45, 7) is -0.170. The van der Waals surface area contributed by atoms with Crippen LogP contribution in [0.3, 0.4) is 0 Å². The largest absolute Gasteiger partial charge is 0.382 e. The van der Waals surface area contributed by atoms with E-state index < -0.39 is 21.6 Å². The highest BCUT2D eigenvalue weighted by atomic mass is 32.2. The maximum atomic E-state index is 14.2. The van der Waals surface area contributed by atoms with Crippen molar-refractivity contribution in [2.24, 2.45) is 0 Å². The second-order valence-electron chi connectivity index (χ2n) is 6.63. The van der Waals surface area contributed by atoms with E-state index in [9.17, 15) is 22.9 Å². The highest BCUT2D eigenvalue weighted by Gasteiger charge is 2.17. The van der Waals surface area contributed by atoms with Gasteiger partial charge in [0.15, 0.2) is 0 Å². The number of hydrogen-bond acceptors (Lipinski definition) is 9. The molecule has 0 spiro atoms. The first kappa shape index (κ1) is 21.8. The zero-order valence-corrected chi connectivity index (χ0v) is 17.2. The standard InChI is InChI=1S/C19H18FN7O3S/c1-31(29,30)6-5-23-19(28)12-7-11-3-2-4-14(20)16(11)27-15(12)9-24-18-13(8-21)17(22)25-10-26-18/h2-4,7,10H,5-6,9H2,1H3,(H,23,28)(H3,22,24,25,26). The monoisotopic (exact) mass is 443 g/mol. The zero-order valence-electron chi connectivity index (χ0n) is 16.4. The van der Waals surface area contributed by atoms with Crippen LogP contribution in [0.15, 0.2) is 30.6 Å². The number of nitriles is 1. The van der Waals surface area contributed by atoms with Crippen LogP contribution in [-0.4, -0.2) is 47.8 Å². The van der Waals surface area contributed by atoms with Crippen LogP contribution in [0, 0.1) is 17.1 Å². The average Bonchev–Trinajstić information content (AvgIpc) is 2.71. The summed E-state index contributed by atoms with van der Waals surface area (Å²) in [4.78, 5) is 24.7. The van der Waals surface area contributed by atoms with Crippen LogP contribution in [-0.2, 0) is 16.4 Å². The van der Waals surface area contributed by atoms with Gasteiger partial charge in [-0.1, -0.05) is 12.1 Å². The van der Waals surface area contributed by atoms with Crippen LogP contribution in [0.2, 0.25) is 0 Å². The second-order valence-corrected chi connectivity index (χ2v) is 8.89. The lowest BCUT2D eigenvalue weighted by molar-refractivity contribution is 0.0955. The fourth-order valence-corrected chi connectivity index (χ4v) is 3.26. The molecule has 0 aliphatic heterocycles. The van der Waals surface area contributed by atoms with Crippen molar-refractivity contribution >= 4 is 38.3 Å². The van der Waals surface area contributed by atoms with Crippen LogP contribution >= 0.6 is 0 Å². The van der Waals surface area contributed by atoms with Crippen molar-refractivity contribution in [3.8, 4) is 6.07 Å². The Hall–Kier alpha value is -3.85. The number of amides is 1. The Bertz CT molecular complexity index is 1310. The number of benzene rings is 1. The number of carbonyl (C=O) groups is 1. The first-order valence-electron chi connectivity index (χ1n) is 8.98. The van der Waals surface area contributed by atoms with Crippen molar-refractivity contribution in [2.45, 2.75) is 6.54 Å². The highest BCUT2D eigenvalue weighted by molar-refractivity contribution is 7.90. The summed E-state index contributed by atoms with van der Waals surface area (Å²) in [5, 5.41) is 15.0. The van der Waals surface area contributed by atoms with Crippen molar-refractivity contribution in [1.82, 2.24) is 20.3 Å². The normalized spacial score (nSPS) is 11.1. The molecule has 0 aliphatic rings. The molecule has 0 aliphatic carbocycles. The van der Waals surface area contributed by atoms with Crippen molar-refractivity contribution in [2.75, 3.05) is 29.6 Å². The van der Waals surface area contributed by atoms with Gasteiger partial charge in [0.1, 0.15) is 50.8 Å². The quantitative estimate of drug-likeness (QED) is 0.483. The lowest BCUT2D eigenvalue weighted by Gasteiger charge is -2.13. The predicted octanol–water partition coefficient (Wildman–Crippen LogP) is 1.00. The van der Waals surface area contributed by atoms with Crippen molar-refractivity contribution in [1.29, 1.82) is 5.26 Å². The number of nitrogens with two attached hydrogens (primary N) is 1. The topological polar surface area (TPSA) is 164 Å². The molecule has 4 N–H and O–H groups in total. The zero-order chi connectivity index (χ0) is 22.6. The van der Waals surface area contributed by atoms with Crippen LogP contribution in [0.25, 0.3) is 10.9 Å². The third kappa shape index (κ3) is 5.20. The molecule has 1 amide bonds. The van der Waals surface area contributed by atoms with Gasteiger partial charge in [0.25, 0.3) is 5.91 Å². The molecule has 10 nitrogen and oxygen atoms in total. The Balaban J connectivity index is 1.95. The Kier molecular flexibility index (Phi) is 6.26. The number of fused-ring (bicyclic) bond motifs is 1. The Morgan fingerprint density at radius 2 is 2.10 bits per heavy atom. The van der Waals surface area contributed by atoms with Gasteiger partial charge in [-0.25, -0.2) is 27.8 Å². The third-order valence-electron chi connectivity index (χ3n) is 4.29. The number of halogens is 1. The van der Waals surface area contributed by atoms with Crippen molar-refractivity contribution in [3.05, 3.63) is 53.2 Å². The summed E-state index contributed by atoms with van der Waals surface area (Å²) < 4.78 is 36.9. The summed E-state index contributed by atoms with van der Waals surface area (Å²) in [6, 6.07) is 7.70. The Morgan fingerprint density at radius 3 is 2.81 bits per heavy atom. The number of nitrogen functional groups attached to an aromatic ring is 1. The van der Waals surface area contributed by atoms with E-state index in [-0.39, 0.29) is 52.8 Å². The summed E-state index contributed by atoms with van der Waals surface area (Å²) >= 11 is 0. The molecule has 0 atom stereocenters. The summed E-state index contributed by atoms with van der Waals surface area (Å²) in [7, 11) is -3.26. The van der Waals surface area contributed by atoms with Gasteiger partial charge in [0, 0.05) is 18.2 Å². The molecule has 2 aromatic heterocycles. The minimum Gasteiger partial charge on any atom is -0.382 e. The molecular formula is C19H18FN7O3S. The number of pyridine rings is 1. The third-order valence-corrected chi connectivity index (χ3v) is 5.24. The number of nitrogens with one attached hydrogen (secondary N) is 2. The van der Waals surface area contributed by atoms with Crippen LogP contribution in [0.5, 0.6) is 0 Å². The number of rotatable bonds is 7. The van der Waals surface area contributed by atoms with Gasteiger partial charge in [0.05, 0.1) is 23.6 Å². The van der Waals surface area contributed by atoms with Gasteiger partial charge in [-0.15, -0.1) is 0 Å². The van der Waals surface area contributed by atoms with Gasteiger partial charge in [-0.3, -0.25) is 4.79 Å². The minimum absolute atomic E-state index is 0.0174. The smallest absolute Gasteiger partial charge is 0.253 e. The number of hydrogen-bond donors (Lipinski definition) is 3. The Morgan fingerprint density at radius 1 is 1.32 bits per heavy atom. The molecule has 0 unspecified atom stereocenters. The van der Waals surface area contributed by atoms with E-state index >= 15 is 0 Å². The molecule has 0 bridgehead atoms. The molecular weight excluding hydrogens is 425 g/mol. The van der Waals surface area contributed by atoms with E-state index in [2.05, 4.69) is 25.6 Å². The number of aromatic nitrogens is 3. The molecule has 3 aromatic rings. The van der Waals surface area contributed by atoms with E-state index in [1.807, 2.05) is 6.07 Å². The van der Waals surface area contributed by atoms with E-state index in [4.69, 9.17) is 5.73 Å². The van der Waals surface area contributed by atoms with E-state index in [0.29, 0.717) is 5.39 Å². The van der Waals surface area contributed by atoms with Gasteiger partial charge >= 0.3 is 0 Å². The lowest BCUT2D eigenvalue weighted by Crippen LogP contribution is -2.30. The molecule has 3 rings (SSSR count). The molecule has 1 aromatic carbocycles. The fraction of sp³-hybridized carbons (Fsp3) is 0.211. The van der Waals surface area contributed by atoms with Crippen LogP contribution in [0.1, 0.15) is 21.6 Å². The minimum atomic E-state index is -3.26. The van der Waals surface area contributed by atoms with E-state index in [1.165, 1.54) is 24.5 Å². The molecule has 160 valence electrons. The first-order chi connectivity index (χ1) is 14.7. The van der Waals surface area contributed by atoms with Gasteiger partial charge in [-0.2, -0.15) is 5.26 Å². The van der Waals surface area contributed by atoms with Crippen LogP contribution in [0.4, 0.5) is 16.0 Å². The SMILES string of the molecule is CS(=O)(=O)CCNC(=O)c1cc2cccc(F)c2nc1CNc1ncnc(N)c1C#N. The second kappa shape index (κ2) is 8.88. The fourth-order valence-electron chi connectivity index (χ4n) is 2.79. The van der Waals surface area contributed by atoms with Crippen molar-refractivity contribution < 1.29 is 17.6 Å². The first-order valence-corrected chi connectivity index (χ1v) is 11.0. The molecule has 12 heteroatoms. The maximum Gasteiger partial charge on any atom is 0.253 e. The Labute approximate surface area is 177 Å². The molecule has 31 heavy (non-hydrogen) atoms. The summed E-state index contributed by atoms with van der Waals surface area (Å²) in [5.41, 5.74) is 6.06. The molecule has 2 heterocycles. The molecule has 0 saturated heterocycles. The maximum absolute atomic E-state index is 14.2. The molecule has 0 radical (unpaired) electrons. The van der Waals surface area contributed by atoms with Crippen LogP contribution < -0.4 is 16.4 Å². The number of carbonyl (C=O) groups excluding carboxylic acids is 1. The van der Waals surface area contributed by atoms with Gasteiger partial charge < -0.3 is 16.4 Å². The number of sulfone groups is 1. The van der Waals surface area contributed by atoms with Gasteiger partial charge in [-0.05, 0) is 12.1 Å². The van der Waals surface area contributed by atoms with E-state index in [0.717, 1.165) is 6.26 Å². The summed E-state index contributed by atoms with van der Waals surface area (Å²) in [5.74, 6) is -1.24. The van der Waals surface area contributed by atoms with Crippen molar-refractivity contribution in [3.63, 3.8) is 0 Å². The number of para-hydroxylation sites is 1. The number of anilines is 2. The number of nitrogens with zero attached hydrogens (tertiary/aromatic N) is 4. The molecule has 0 fully saturated rings. The predicted molar refractivity (Wildman–Crippen MR) is 112 cm³/mol. The summed E-state index contributed by atoms with van der Waals surface area (Å²) in [6.07, 6.45) is 2.24. The molecule has 0 saturated carbocycles.